The Labute approximate surface area is 70.0 Å². The molecule has 1 rings (SSSR count). The molecule has 6 nitrogen and oxygen atoms in total. The molecule has 0 radical (unpaired) electrons. The molecule has 0 aliphatic carbocycles. The number of rotatable bonds is 2. The maximum absolute atomic E-state index is 10.9. The van der Waals surface area contributed by atoms with Gasteiger partial charge in [-0.15, -0.1) is 9.96 Å². The van der Waals surface area contributed by atoms with Crippen molar-refractivity contribution in [2.24, 2.45) is 0 Å². The molecule has 0 aromatic rings. The second-order valence-corrected chi connectivity index (χ2v) is 3.62. The van der Waals surface area contributed by atoms with Gasteiger partial charge in [-0.3, -0.25) is 0 Å². The van der Waals surface area contributed by atoms with Crippen LogP contribution in [0.2, 0.25) is 0 Å². The predicted molar refractivity (Wildman–Crippen MR) is 38.2 cm³/mol. The van der Waals surface area contributed by atoms with Crippen LogP contribution in [0.4, 0.5) is 4.79 Å². The van der Waals surface area contributed by atoms with Gasteiger partial charge in [0.05, 0.1) is 0 Å². The number of carbonyl (C=O) groups is 1. The number of ether oxygens (including phenoxy) is 1. The van der Waals surface area contributed by atoms with Gasteiger partial charge in [0.1, 0.15) is 12.1 Å². The van der Waals surface area contributed by atoms with Crippen molar-refractivity contribution in [3.05, 3.63) is 0 Å². The molecule has 0 aromatic carbocycles. The fraction of sp³-hybridized carbons (Fsp3) is 0.800. The standard InChI is InChI=1S/C5H8NO5P/c1-5(2)3-10-4(7)6(5)11-12(8)9/h3H2,1-2H3/p+1. The van der Waals surface area contributed by atoms with E-state index >= 15 is 0 Å². The first kappa shape index (κ1) is 9.38. The van der Waals surface area contributed by atoms with Gasteiger partial charge in [0, 0.05) is 9.19 Å². The Balaban J connectivity index is 2.71. The third-order valence-corrected chi connectivity index (χ3v) is 1.72. The number of carbonyl (C=O) groups excluding carboxylic acids is 1. The Hall–Kier alpha value is -0.710. The van der Waals surface area contributed by atoms with Gasteiger partial charge in [-0.1, -0.05) is 0 Å². The van der Waals surface area contributed by atoms with E-state index in [4.69, 9.17) is 4.89 Å². The molecule has 1 aliphatic rings. The number of hydrogen-bond donors (Lipinski definition) is 1. The highest BCUT2D eigenvalue weighted by molar-refractivity contribution is 7.32. The maximum Gasteiger partial charge on any atom is 0.719 e. The van der Waals surface area contributed by atoms with Crippen molar-refractivity contribution in [1.29, 1.82) is 0 Å². The Morgan fingerprint density at radius 3 is 2.67 bits per heavy atom. The fourth-order valence-corrected chi connectivity index (χ4v) is 1.24. The summed E-state index contributed by atoms with van der Waals surface area (Å²) in [5.41, 5.74) is -0.690. The lowest BCUT2D eigenvalue weighted by Gasteiger charge is -2.19. The average Bonchev–Trinajstić information content (AvgIpc) is 2.15. The first-order chi connectivity index (χ1) is 5.43. The van der Waals surface area contributed by atoms with E-state index in [0.717, 1.165) is 5.06 Å². The van der Waals surface area contributed by atoms with Crippen LogP contribution in [-0.4, -0.2) is 28.2 Å². The summed E-state index contributed by atoms with van der Waals surface area (Å²) in [6, 6.07) is 0. The third-order valence-electron chi connectivity index (χ3n) is 1.42. The summed E-state index contributed by atoms with van der Waals surface area (Å²) in [5, 5.41) is 0.770. The molecule has 7 heteroatoms. The van der Waals surface area contributed by atoms with E-state index < -0.39 is 19.9 Å². The molecule has 1 atom stereocenters. The minimum atomic E-state index is -2.82. The molecule has 0 saturated carbocycles. The van der Waals surface area contributed by atoms with Crippen molar-refractivity contribution >= 4 is 14.3 Å². The average molecular weight is 194 g/mol. The molecule has 68 valence electrons. The summed E-state index contributed by atoms with van der Waals surface area (Å²) in [6.07, 6.45) is -0.739. The Bertz CT molecular complexity index is 228. The maximum atomic E-state index is 10.9. The first-order valence-corrected chi connectivity index (χ1v) is 4.38. The number of nitrogens with zero attached hydrogens (tertiary/aromatic N) is 1. The summed E-state index contributed by atoms with van der Waals surface area (Å²) in [7, 11) is -2.82. The molecule has 1 amide bonds. The monoisotopic (exact) mass is 194 g/mol. The molecule has 12 heavy (non-hydrogen) atoms. The van der Waals surface area contributed by atoms with E-state index in [1.54, 1.807) is 13.8 Å². The van der Waals surface area contributed by atoms with E-state index in [1.165, 1.54) is 0 Å². The summed E-state index contributed by atoms with van der Waals surface area (Å²) in [4.78, 5) is 19.3. The van der Waals surface area contributed by atoms with Crippen LogP contribution < -0.4 is 0 Å². The second kappa shape index (κ2) is 2.97. The van der Waals surface area contributed by atoms with Crippen molar-refractivity contribution in [3.8, 4) is 0 Å². The summed E-state index contributed by atoms with van der Waals surface area (Å²) in [5.74, 6) is 0. The van der Waals surface area contributed by atoms with Crippen molar-refractivity contribution in [1.82, 2.24) is 5.06 Å². The number of amides is 1. The highest BCUT2D eigenvalue weighted by Gasteiger charge is 2.46. The van der Waals surface area contributed by atoms with Gasteiger partial charge in [-0.05, 0) is 13.8 Å². The van der Waals surface area contributed by atoms with E-state index in [0.29, 0.717) is 0 Å². The van der Waals surface area contributed by atoms with Crippen molar-refractivity contribution in [2.75, 3.05) is 6.61 Å². The number of hydroxylamine groups is 2. The molecule has 1 heterocycles. The molecule has 1 unspecified atom stereocenters. The summed E-state index contributed by atoms with van der Waals surface area (Å²) >= 11 is 0. The molecule has 0 bridgehead atoms. The van der Waals surface area contributed by atoms with Crippen molar-refractivity contribution in [2.45, 2.75) is 19.4 Å². The van der Waals surface area contributed by atoms with Crippen LogP contribution in [-0.2, 0) is 13.9 Å². The van der Waals surface area contributed by atoms with Gasteiger partial charge in [0.25, 0.3) is 0 Å². The second-order valence-electron chi connectivity index (χ2n) is 2.98. The van der Waals surface area contributed by atoms with Crippen LogP contribution in [0.1, 0.15) is 13.8 Å². The Kier molecular flexibility index (Phi) is 2.32. The van der Waals surface area contributed by atoms with Crippen LogP contribution in [0, 0.1) is 0 Å². The molecule has 1 aliphatic heterocycles. The molecule has 0 aromatic heterocycles. The Morgan fingerprint density at radius 2 is 2.33 bits per heavy atom. The van der Waals surface area contributed by atoms with E-state index in [2.05, 4.69) is 9.36 Å². The van der Waals surface area contributed by atoms with Crippen LogP contribution >= 0.6 is 8.25 Å². The van der Waals surface area contributed by atoms with Gasteiger partial charge < -0.3 is 4.74 Å². The zero-order valence-corrected chi connectivity index (χ0v) is 7.58. The van der Waals surface area contributed by atoms with Gasteiger partial charge in [0.15, 0.2) is 0 Å². The molecular formula is C5H9NO5P+. The van der Waals surface area contributed by atoms with Gasteiger partial charge in [0.2, 0.25) is 0 Å². The number of cyclic esters (lactones) is 1. The largest absolute Gasteiger partial charge is 0.719 e. The molecule has 1 saturated heterocycles. The van der Waals surface area contributed by atoms with Gasteiger partial charge >= 0.3 is 14.3 Å². The third kappa shape index (κ3) is 1.72. The lowest BCUT2D eigenvalue weighted by Crippen LogP contribution is -2.40. The van der Waals surface area contributed by atoms with Crippen molar-refractivity contribution in [3.63, 3.8) is 0 Å². The van der Waals surface area contributed by atoms with E-state index in [-0.39, 0.29) is 6.61 Å². The number of hydrogen-bond acceptors (Lipinski definition) is 4. The zero-order valence-electron chi connectivity index (χ0n) is 6.68. The minimum Gasteiger partial charge on any atom is -0.445 e. The van der Waals surface area contributed by atoms with Crippen LogP contribution in [0.5, 0.6) is 0 Å². The lowest BCUT2D eigenvalue weighted by atomic mass is 10.1. The Morgan fingerprint density at radius 1 is 1.75 bits per heavy atom. The summed E-state index contributed by atoms with van der Waals surface area (Å²) in [6.45, 7) is 3.47. The molecule has 1 fully saturated rings. The van der Waals surface area contributed by atoms with Gasteiger partial charge in [-0.25, -0.2) is 4.79 Å². The molecule has 0 spiro atoms. The first-order valence-electron chi connectivity index (χ1n) is 3.25. The topological polar surface area (TPSA) is 76.1 Å². The molecule has 1 N–H and O–H groups in total. The molecular weight excluding hydrogens is 185 g/mol. The normalized spacial score (nSPS) is 22.4. The van der Waals surface area contributed by atoms with E-state index in [1.807, 2.05) is 0 Å². The quantitative estimate of drug-likeness (QED) is 0.658. The van der Waals surface area contributed by atoms with Crippen LogP contribution in [0.15, 0.2) is 0 Å². The van der Waals surface area contributed by atoms with Crippen LogP contribution in [0.25, 0.3) is 0 Å². The van der Waals surface area contributed by atoms with E-state index in [9.17, 15) is 9.36 Å². The smallest absolute Gasteiger partial charge is 0.445 e. The van der Waals surface area contributed by atoms with Crippen molar-refractivity contribution < 1.29 is 23.6 Å². The highest BCUT2D eigenvalue weighted by atomic mass is 31.1. The minimum absolute atomic E-state index is 0.148. The lowest BCUT2D eigenvalue weighted by molar-refractivity contribution is -0.0632. The van der Waals surface area contributed by atoms with Gasteiger partial charge in [-0.2, -0.15) is 0 Å². The summed E-state index contributed by atoms with van der Waals surface area (Å²) < 4.78 is 19.2. The highest BCUT2D eigenvalue weighted by Crippen LogP contribution is 2.30. The zero-order chi connectivity index (χ0) is 9.35. The fourth-order valence-electron chi connectivity index (χ4n) is 0.816. The predicted octanol–water partition coefficient (Wildman–Crippen LogP) is 0.798. The SMILES string of the molecule is CC1(C)COC(=O)N1O[P+](=O)O. The van der Waals surface area contributed by atoms with Crippen LogP contribution in [0.3, 0.4) is 0 Å².